The van der Waals surface area contributed by atoms with Crippen LogP contribution in [0.2, 0.25) is 0 Å². The monoisotopic (exact) mass is 221 g/mol. The number of hydrogen-bond acceptors (Lipinski definition) is 3. The van der Waals surface area contributed by atoms with E-state index >= 15 is 0 Å². The molecule has 0 aliphatic carbocycles. The topological polar surface area (TPSA) is 46.6 Å². The molecule has 0 heterocycles. The molecule has 0 aliphatic rings. The van der Waals surface area contributed by atoms with Crippen molar-refractivity contribution in [2.24, 2.45) is 0 Å². The highest BCUT2D eigenvalue weighted by Gasteiger charge is 2.13. The normalized spacial score (nSPS) is 9.69. The zero-order valence-electron chi connectivity index (χ0n) is 9.69. The Kier molecular flexibility index (Phi) is 4.05. The first-order chi connectivity index (χ1) is 7.54. The number of nitrogens with zero attached hydrogens (tertiary/aromatic N) is 1. The fourth-order valence-corrected chi connectivity index (χ4v) is 1.36. The van der Waals surface area contributed by atoms with Gasteiger partial charge in [-0.25, -0.2) is 0 Å². The summed E-state index contributed by atoms with van der Waals surface area (Å²) in [6, 6.07) is 7.26. The lowest BCUT2D eigenvalue weighted by Gasteiger charge is -2.17. The molecule has 1 aromatic carbocycles. The molecule has 0 saturated carbocycles. The SMILES string of the molecule is COc1ccc(CN(C(C)=O)C(C)=O)cc1. The van der Waals surface area contributed by atoms with Crippen LogP contribution in [-0.4, -0.2) is 23.8 Å². The van der Waals surface area contributed by atoms with E-state index in [9.17, 15) is 9.59 Å². The molecule has 0 unspecified atom stereocenters. The minimum Gasteiger partial charge on any atom is -0.497 e. The van der Waals surface area contributed by atoms with Crippen molar-refractivity contribution in [1.82, 2.24) is 4.90 Å². The van der Waals surface area contributed by atoms with E-state index < -0.39 is 0 Å². The lowest BCUT2D eigenvalue weighted by molar-refractivity contribution is -0.142. The van der Waals surface area contributed by atoms with E-state index in [2.05, 4.69) is 0 Å². The quantitative estimate of drug-likeness (QED) is 0.778. The molecule has 0 aromatic heterocycles. The lowest BCUT2D eigenvalue weighted by Crippen LogP contribution is -2.32. The number of amides is 2. The Morgan fingerprint density at radius 2 is 1.62 bits per heavy atom. The standard InChI is InChI=1S/C12H15NO3/c1-9(14)13(10(2)15)8-11-4-6-12(16-3)7-5-11/h4-7H,8H2,1-3H3. The van der Waals surface area contributed by atoms with Crippen molar-refractivity contribution < 1.29 is 14.3 Å². The van der Waals surface area contributed by atoms with Gasteiger partial charge in [-0.1, -0.05) is 12.1 Å². The Morgan fingerprint density at radius 1 is 1.12 bits per heavy atom. The van der Waals surface area contributed by atoms with Crippen molar-refractivity contribution in [3.8, 4) is 5.75 Å². The Bertz CT molecular complexity index is 370. The van der Waals surface area contributed by atoms with Gasteiger partial charge < -0.3 is 4.74 Å². The molecule has 0 bridgehead atoms. The number of ether oxygens (including phenoxy) is 1. The summed E-state index contributed by atoms with van der Waals surface area (Å²) in [4.78, 5) is 23.6. The maximum absolute atomic E-state index is 11.2. The first-order valence-corrected chi connectivity index (χ1v) is 4.96. The number of rotatable bonds is 3. The van der Waals surface area contributed by atoms with Gasteiger partial charge >= 0.3 is 0 Å². The fourth-order valence-electron chi connectivity index (χ4n) is 1.36. The van der Waals surface area contributed by atoms with E-state index in [1.54, 1.807) is 19.2 Å². The van der Waals surface area contributed by atoms with Gasteiger partial charge in [-0.15, -0.1) is 0 Å². The molecule has 2 amide bonds. The third-order valence-corrected chi connectivity index (χ3v) is 2.26. The third-order valence-electron chi connectivity index (χ3n) is 2.26. The summed E-state index contributed by atoms with van der Waals surface area (Å²) in [7, 11) is 1.59. The molecule has 86 valence electrons. The van der Waals surface area contributed by atoms with Crippen LogP contribution in [0.1, 0.15) is 19.4 Å². The van der Waals surface area contributed by atoms with Gasteiger partial charge in [0.15, 0.2) is 0 Å². The highest BCUT2D eigenvalue weighted by Crippen LogP contribution is 2.13. The van der Waals surface area contributed by atoms with Crippen molar-refractivity contribution in [1.29, 1.82) is 0 Å². The minimum absolute atomic E-state index is 0.247. The summed E-state index contributed by atoms with van der Waals surface area (Å²) in [5, 5.41) is 0. The van der Waals surface area contributed by atoms with Gasteiger partial charge in [-0.3, -0.25) is 14.5 Å². The Balaban J connectivity index is 2.77. The van der Waals surface area contributed by atoms with Crippen LogP contribution < -0.4 is 4.74 Å². The number of methoxy groups -OCH3 is 1. The van der Waals surface area contributed by atoms with Crippen molar-refractivity contribution in [2.75, 3.05) is 7.11 Å². The maximum atomic E-state index is 11.2. The summed E-state index contributed by atoms with van der Waals surface area (Å²) in [6.45, 7) is 3.06. The summed E-state index contributed by atoms with van der Waals surface area (Å²) in [6.07, 6.45) is 0. The van der Waals surface area contributed by atoms with Crippen LogP contribution in [-0.2, 0) is 16.1 Å². The predicted molar refractivity (Wildman–Crippen MR) is 59.9 cm³/mol. The molecule has 0 radical (unpaired) electrons. The fraction of sp³-hybridized carbons (Fsp3) is 0.333. The highest BCUT2D eigenvalue weighted by molar-refractivity contribution is 5.92. The summed E-state index contributed by atoms with van der Waals surface area (Å²) in [5.74, 6) is 0.257. The smallest absolute Gasteiger partial charge is 0.226 e. The van der Waals surface area contributed by atoms with Gasteiger partial charge in [0.1, 0.15) is 5.75 Å². The zero-order chi connectivity index (χ0) is 12.1. The average Bonchev–Trinajstić information content (AvgIpc) is 2.25. The minimum atomic E-state index is -0.247. The van der Waals surface area contributed by atoms with E-state index in [4.69, 9.17) is 4.74 Å². The second-order valence-electron chi connectivity index (χ2n) is 3.47. The van der Waals surface area contributed by atoms with Crippen molar-refractivity contribution in [2.45, 2.75) is 20.4 Å². The summed E-state index contributed by atoms with van der Waals surface area (Å²) >= 11 is 0. The Morgan fingerprint density at radius 3 is 2.00 bits per heavy atom. The molecule has 0 atom stereocenters. The molecule has 4 nitrogen and oxygen atoms in total. The molecule has 1 aromatic rings. The van der Waals surface area contributed by atoms with Gasteiger partial charge in [0.05, 0.1) is 13.7 Å². The molecule has 16 heavy (non-hydrogen) atoms. The first-order valence-electron chi connectivity index (χ1n) is 4.96. The van der Waals surface area contributed by atoms with Crippen molar-refractivity contribution >= 4 is 11.8 Å². The van der Waals surface area contributed by atoms with Crippen molar-refractivity contribution in [3.05, 3.63) is 29.8 Å². The van der Waals surface area contributed by atoms with E-state index in [0.29, 0.717) is 6.54 Å². The van der Waals surface area contributed by atoms with Crippen LogP contribution >= 0.6 is 0 Å². The molecule has 0 N–H and O–H groups in total. The van der Waals surface area contributed by atoms with Crippen molar-refractivity contribution in [3.63, 3.8) is 0 Å². The third kappa shape index (κ3) is 3.08. The molecular weight excluding hydrogens is 206 g/mol. The van der Waals surface area contributed by atoms with Crippen LogP contribution in [0, 0.1) is 0 Å². The van der Waals surface area contributed by atoms with E-state index in [0.717, 1.165) is 11.3 Å². The predicted octanol–water partition coefficient (Wildman–Crippen LogP) is 1.59. The highest BCUT2D eigenvalue weighted by atomic mass is 16.5. The Labute approximate surface area is 94.8 Å². The number of carbonyl (C=O) groups is 2. The van der Waals surface area contributed by atoms with Crippen LogP contribution in [0.25, 0.3) is 0 Å². The largest absolute Gasteiger partial charge is 0.497 e. The molecular formula is C12H15NO3. The molecule has 4 heteroatoms. The second-order valence-corrected chi connectivity index (χ2v) is 3.47. The lowest BCUT2D eigenvalue weighted by atomic mass is 10.2. The van der Waals surface area contributed by atoms with E-state index in [1.165, 1.54) is 18.7 Å². The number of carbonyl (C=O) groups excluding carboxylic acids is 2. The second kappa shape index (κ2) is 5.30. The summed E-state index contributed by atoms with van der Waals surface area (Å²) in [5.41, 5.74) is 0.895. The molecule has 0 fully saturated rings. The van der Waals surface area contributed by atoms with Crippen LogP contribution in [0.5, 0.6) is 5.75 Å². The van der Waals surface area contributed by atoms with Crippen LogP contribution in [0.3, 0.4) is 0 Å². The molecule has 0 saturated heterocycles. The first kappa shape index (κ1) is 12.2. The molecule has 1 rings (SSSR count). The average molecular weight is 221 g/mol. The van der Waals surface area contributed by atoms with Gasteiger partial charge in [0, 0.05) is 13.8 Å². The zero-order valence-corrected chi connectivity index (χ0v) is 9.69. The van der Waals surface area contributed by atoms with Gasteiger partial charge in [-0.05, 0) is 17.7 Å². The number of hydrogen-bond donors (Lipinski definition) is 0. The molecule has 0 spiro atoms. The number of benzene rings is 1. The Hall–Kier alpha value is -1.84. The molecule has 0 aliphatic heterocycles. The van der Waals surface area contributed by atoms with E-state index in [-0.39, 0.29) is 11.8 Å². The van der Waals surface area contributed by atoms with E-state index in [1.807, 2.05) is 12.1 Å². The van der Waals surface area contributed by atoms with Crippen LogP contribution in [0.15, 0.2) is 24.3 Å². The summed E-state index contributed by atoms with van der Waals surface area (Å²) < 4.78 is 5.02. The maximum Gasteiger partial charge on any atom is 0.226 e. The number of imide groups is 1. The van der Waals surface area contributed by atoms with Crippen LogP contribution in [0.4, 0.5) is 0 Å². The van der Waals surface area contributed by atoms with Gasteiger partial charge in [0.25, 0.3) is 0 Å². The van der Waals surface area contributed by atoms with Gasteiger partial charge in [-0.2, -0.15) is 0 Å². The van der Waals surface area contributed by atoms with Gasteiger partial charge in [0.2, 0.25) is 11.8 Å².